The van der Waals surface area contributed by atoms with Gasteiger partial charge >= 0.3 is 0 Å². The van der Waals surface area contributed by atoms with Crippen LogP contribution in [0.3, 0.4) is 0 Å². The number of benzene rings is 1. The molecule has 0 bridgehead atoms. The van der Waals surface area contributed by atoms with E-state index in [1.807, 2.05) is 71.3 Å². The summed E-state index contributed by atoms with van der Waals surface area (Å²) in [5.74, 6) is 0.997. The first-order valence-corrected chi connectivity index (χ1v) is 11.1. The van der Waals surface area contributed by atoms with E-state index in [0.717, 1.165) is 42.6 Å². The number of aromatic nitrogens is 4. The summed E-state index contributed by atoms with van der Waals surface area (Å²) in [7, 11) is 3.83. The van der Waals surface area contributed by atoms with Gasteiger partial charge in [-0.25, -0.2) is 9.97 Å². The van der Waals surface area contributed by atoms with Crippen LogP contribution < -0.4 is 5.73 Å². The van der Waals surface area contributed by atoms with E-state index in [2.05, 4.69) is 15.1 Å². The molecule has 1 aliphatic rings. The van der Waals surface area contributed by atoms with Gasteiger partial charge in [-0.2, -0.15) is 5.10 Å². The SMILES string of the molecule is CN(C)CC(=O)N1CCC(n2cc(-c3cnc(N)c(-c4nc5ccccc5o4)c3)cn2)CC1.Cl. The van der Waals surface area contributed by atoms with Gasteiger partial charge in [0.1, 0.15) is 11.3 Å². The van der Waals surface area contributed by atoms with Gasteiger partial charge in [0, 0.05) is 36.6 Å². The number of carbonyl (C=O) groups excluding carboxylic acids is 1. The highest BCUT2D eigenvalue weighted by atomic mass is 35.5. The number of likely N-dealkylation sites (N-methyl/N-ethyl adjacent to an activating group) is 1. The molecule has 1 aliphatic heterocycles. The average molecular weight is 482 g/mol. The highest BCUT2D eigenvalue weighted by Gasteiger charge is 2.24. The Morgan fingerprint density at radius 2 is 1.94 bits per heavy atom. The Hall–Kier alpha value is -3.43. The number of oxazole rings is 1. The van der Waals surface area contributed by atoms with Gasteiger partial charge in [-0.05, 0) is 45.1 Å². The molecule has 4 aromatic rings. The van der Waals surface area contributed by atoms with Crippen LogP contribution in [-0.4, -0.2) is 69.2 Å². The van der Waals surface area contributed by atoms with Crippen molar-refractivity contribution in [3.8, 4) is 22.6 Å². The molecule has 0 spiro atoms. The van der Waals surface area contributed by atoms with Gasteiger partial charge < -0.3 is 20.0 Å². The van der Waals surface area contributed by atoms with Crippen LogP contribution >= 0.6 is 12.4 Å². The molecule has 1 amide bonds. The minimum Gasteiger partial charge on any atom is -0.436 e. The summed E-state index contributed by atoms with van der Waals surface area (Å²) < 4.78 is 7.89. The fourth-order valence-corrected chi connectivity index (χ4v) is 4.23. The predicted molar refractivity (Wildman–Crippen MR) is 134 cm³/mol. The number of rotatable bonds is 5. The Labute approximate surface area is 204 Å². The lowest BCUT2D eigenvalue weighted by Crippen LogP contribution is -2.43. The zero-order chi connectivity index (χ0) is 22.9. The van der Waals surface area contributed by atoms with Gasteiger partial charge in [-0.3, -0.25) is 9.48 Å². The Bertz CT molecular complexity index is 1260. The molecule has 178 valence electrons. The normalized spacial score (nSPS) is 14.5. The Morgan fingerprint density at radius 1 is 1.18 bits per heavy atom. The van der Waals surface area contributed by atoms with Gasteiger partial charge in [0.25, 0.3) is 0 Å². The van der Waals surface area contributed by atoms with Crippen LogP contribution in [0.1, 0.15) is 18.9 Å². The van der Waals surface area contributed by atoms with Crippen molar-refractivity contribution in [2.24, 2.45) is 0 Å². The number of carbonyl (C=O) groups is 1. The summed E-state index contributed by atoms with van der Waals surface area (Å²) in [6.07, 6.45) is 7.38. The van der Waals surface area contributed by atoms with Crippen molar-refractivity contribution < 1.29 is 9.21 Å². The van der Waals surface area contributed by atoms with Crippen molar-refractivity contribution in [2.75, 3.05) is 39.5 Å². The van der Waals surface area contributed by atoms with E-state index < -0.39 is 0 Å². The summed E-state index contributed by atoms with van der Waals surface area (Å²) in [5, 5.41) is 4.60. The summed E-state index contributed by atoms with van der Waals surface area (Å²) in [6, 6.07) is 9.81. The summed E-state index contributed by atoms with van der Waals surface area (Å²) in [6.45, 7) is 1.94. The maximum atomic E-state index is 12.3. The van der Waals surface area contributed by atoms with E-state index in [4.69, 9.17) is 10.2 Å². The highest BCUT2D eigenvalue weighted by molar-refractivity contribution is 5.85. The van der Waals surface area contributed by atoms with Crippen molar-refractivity contribution in [1.82, 2.24) is 29.5 Å². The second-order valence-electron chi connectivity index (χ2n) is 8.70. The highest BCUT2D eigenvalue weighted by Crippen LogP contribution is 2.32. The minimum absolute atomic E-state index is 0. The molecule has 34 heavy (non-hydrogen) atoms. The third kappa shape index (κ3) is 4.76. The number of pyridine rings is 1. The molecule has 0 saturated carbocycles. The molecular formula is C24H28ClN7O2. The van der Waals surface area contributed by atoms with E-state index >= 15 is 0 Å². The lowest BCUT2D eigenvalue weighted by Gasteiger charge is -2.32. The number of amides is 1. The molecule has 1 aromatic carbocycles. The van der Waals surface area contributed by atoms with Gasteiger partial charge in [-0.1, -0.05) is 12.1 Å². The number of piperidine rings is 1. The molecule has 5 rings (SSSR count). The smallest absolute Gasteiger partial charge is 0.236 e. The van der Waals surface area contributed by atoms with Gasteiger partial charge in [0.2, 0.25) is 11.8 Å². The second kappa shape index (κ2) is 9.82. The molecule has 0 radical (unpaired) electrons. The average Bonchev–Trinajstić information content (AvgIpc) is 3.47. The van der Waals surface area contributed by atoms with Crippen LogP contribution in [0.2, 0.25) is 0 Å². The van der Waals surface area contributed by atoms with Gasteiger partial charge in [0.15, 0.2) is 5.58 Å². The first-order valence-electron chi connectivity index (χ1n) is 11.1. The number of nitrogen functional groups attached to an aromatic ring is 1. The van der Waals surface area contributed by atoms with E-state index in [9.17, 15) is 4.79 Å². The van der Waals surface area contributed by atoms with E-state index in [1.54, 1.807) is 6.20 Å². The number of hydrogen-bond donors (Lipinski definition) is 1. The number of para-hydroxylation sites is 2. The molecule has 9 nitrogen and oxygen atoms in total. The van der Waals surface area contributed by atoms with Crippen molar-refractivity contribution >= 4 is 35.2 Å². The van der Waals surface area contributed by atoms with E-state index in [0.29, 0.717) is 29.4 Å². The summed E-state index contributed by atoms with van der Waals surface area (Å²) >= 11 is 0. The third-order valence-electron chi connectivity index (χ3n) is 6.02. The number of likely N-dealkylation sites (tertiary alicyclic amines) is 1. The van der Waals surface area contributed by atoms with E-state index in [-0.39, 0.29) is 24.4 Å². The van der Waals surface area contributed by atoms with Crippen LogP contribution in [0.4, 0.5) is 5.82 Å². The third-order valence-corrected chi connectivity index (χ3v) is 6.02. The quantitative estimate of drug-likeness (QED) is 0.465. The number of halogens is 1. The van der Waals surface area contributed by atoms with Crippen molar-refractivity contribution in [1.29, 1.82) is 0 Å². The fourth-order valence-electron chi connectivity index (χ4n) is 4.23. The number of nitrogens with zero attached hydrogens (tertiary/aromatic N) is 6. The molecule has 4 heterocycles. The van der Waals surface area contributed by atoms with Crippen LogP contribution in [-0.2, 0) is 4.79 Å². The molecule has 3 aromatic heterocycles. The van der Waals surface area contributed by atoms with E-state index in [1.165, 1.54) is 0 Å². The molecule has 1 saturated heterocycles. The Balaban J connectivity index is 0.00000274. The van der Waals surface area contributed by atoms with Crippen molar-refractivity contribution in [3.05, 3.63) is 48.9 Å². The molecule has 10 heteroatoms. The minimum atomic E-state index is 0. The summed E-state index contributed by atoms with van der Waals surface area (Å²) in [5.41, 5.74) is 10.1. The fraction of sp³-hybridized carbons (Fsp3) is 0.333. The van der Waals surface area contributed by atoms with Crippen LogP contribution in [0.15, 0.2) is 53.3 Å². The number of anilines is 1. The maximum Gasteiger partial charge on any atom is 0.236 e. The molecule has 0 atom stereocenters. The number of hydrogen-bond acceptors (Lipinski definition) is 7. The summed E-state index contributed by atoms with van der Waals surface area (Å²) in [4.78, 5) is 25.1. The van der Waals surface area contributed by atoms with Gasteiger partial charge in [-0.15, -0.1) is 12.4 Å². The Morgan fingerprint density at radius 3 is 2.68 bits per heavy atom. The van der Waals surface area contributed by atoms with Crippen molar-refractivity contribution in [3.63, 3.8) is 0 Å². The van der Waals surface area contributed by atoms with Crippen LogP contribution in [0, 0.1) is 0 Å². The molecule has 1 fully saturated rings. The van der Waals surface area contributed by atoms with Crippen molar-refractivity contribution in [2.45, 2.75) is 18.9 Å². The predicted octanol–water partition coefficient (Wildman–Crippen LogP) is 3.48. The number of nitrogens with two attached hydrogens (primary N) is 1. The zero-order valence-corrected chi connectivity index (χ0v) is 20.0. The van der Waals surface area contributed by atoms with Crippen LogP contribution in [0.25, 0.3) is 33.7 Å². The molecule has 0 unspecified atom stereocenters. The maximum absolute atomic E-state index is 12.3. The standard InChI is InChI=1S/C24H27N7O2.ClH/c1-29(2)15-22(32)30-9-7-18(8-10-30)31-14-17(13-27-31)16-11-19(23(25)26-12-16)24-28-20-5-3-4-6-21(20)33-24;/h3-6,11-14,18H,7-10,15H2,1-2H3,(H2,25,26);1H. The first-order chi connectivity index (χ1) is 16.0. The molecule has 2 N–H and O–H groups in total. The molecule has 0 aliphatic carbocycles. The van der Waals surface area contributed by atoms with Crippen LogP contribution in [0.5, 0.6) is 0 Å². The zero-order valence-electron chi connectivity index (χ0n) is 19.2. The number of fused-ring (bicyclic) bond motifs is 1. The van der Waals surface area contributed by atoms with Gasteiger partial charge in [0.05, 0.1) is 24.3 Å². The second-order valence-corrected chi connectivity index (χ2v) is 8.70. The largest absolute Gasteiger partial charge is 0.436 e. The monoisotopic (exact) mass is 481 g/mol. The Kier molecular flexibility index (Phi) is 6.85. The lowest BCUT2D eigenvalue weighted by molar-refractivity contribution is -0.133. The first kappa shape index (κ1) is 23.7. The molecular weight excluding hydrogens is 454 g/mol. The lowest BCUT2D eigenvalue weighted by atomic mass is 10.0. The topological polar surface area (TPSA) is 106 Å².